The molecule has 2 aromatic rings. The molecule has 0 saturated carbocycles. The average Bonchev–Trinajstić information content (AvgIpc) is 3.14. The molecule has 1 heterocycles. The molecule has 0 unspecified atom stereocenters. The Morgan fingerprint density at radius 1 is 1.26 bits per heavy atom. The number of benzene rings is 1. The van der Waals surface area contributed by atoms with Gasteiger partial charge in [-0.15, -0.1) is 11.3 Å². The Kier molecular flexibility index (Phi) is 8.26. The fraction of sp³-hybridized carbons (Fsp3) is 0.450. The van der Waals surface area contributed by atoms with E-state index in [0.717, 1.165) is 16.3 Å². The third kappa shape index (κ3) is 7.02. The van der Waals surface area contributed by atoms with E-state index in [2.05, 4.69) is 39.8 Å². The van der Waals surface area contributed by atoms with Crippen molar-refractivity contribution in [3.63, 3.8) is 0 Å². The van der Waals surface area contributed by atoms with Gasteiger partial charge in [0.1, 0.15) is 5.01 Å². The third-order valence-corrected chi connectivity index (χ3v) is 4.98. The van der Waals surface area contributed by atoms with Crippen molar-refractivity contribution in [1.29, 1.82) is 0 Å². The van der Waals surface area contributed by atoms with E-state index in [4.69, 9.17) is 0 Å². The number of aromatic nitrogens is 1. The maximum absolute atomic E-state index is 12.3. The van der Waals surface area contributed by atoms with Gasteiger partial charge in [0.2, 0.25) is 5.91 Å². The van der Waals surface area contributed by atoms with Crippen LogP contribution < -0.4 is 10.6 Å². The number of nitrogens with one attached hydrogen (secondary N) is 2. The highest BCUT2D eigenvalue weighted by atomic mass is 32.1. The predicted octanol–water partition coefficient (Wildman–Crippen LogP) is 2.98. The maximum atomic E-state index is 12.3. The van der Waals surface area contributed by atoms with E-state index in [0.29, 0.717) is 37.9 Å². The predicted molar refractivity (Wildman–Crippen MR) is 112 cm³/mol. The van der Waals surface area contributed by atoms with Gasteiger partial charge in [-0.05, 0) is 11.5 Å². The van der Waals surface area contributed by atoms with Crippen LogP contribution in [0.5, 0.6) is 0 Å². The summed E-state index contributed by atoms with van der Waals surface area (Å²) >= 11 is 1.65. The summed E-state index contributed by atoms with van der Waals surface area (Å²) in [5, 5.41) is 9.55. The summed E-state index contributed by atoms with van der Waals surface area (Å²) in [6.45, 7) is 6.05. The molecule has 2 rings (SSSR count). The van der Waals surface area contributed by atoms with Gasteiger partial charge in [-0.3, -0.25) is 9.79 Å². The second kappa shape index (κ2) is 10.7. The summed E-state index contributed by atoms with van der Waals surface area (Å²) in [7, 11) is 3.55. The van der Waals surface area contributed by atoms with Crippen LogP contribution in [0.15, 0.2) is 40.7 Å². The van der Waals surface area contributed by atoms with Crippen LogP contribution in [0.1, 0.15) is 42.5 Å². The van der Waals surface area contributed by atoms with Crippen molar-refractivity contribution < 1.29 is 4.79 Å². The third-order valence-electron chi connectivity index (χ3n) is 4.11. The highest BCUT2D eigenvalue weighted by Crippen LogP contribution is 2.17. The Bertz CT molecular complexity index is 742. The number of carbonyl (C=O) groups is 1. The van der Waals surface area contributed by atoms with Crippen LogP contribution in [0, 0.1) is 0 Å². The van der Waals surface area contributed by atoms with E-state index in [1.807, 2.05) is 37.4 Å². The zero-order chi connectivity index (χ0) is 19.6. The van der Waals surface area contributed by atoms with E-state index in [1.165, 1.54) is 0 Å². The molecule has 0 radical (unpaired) electrons. The second-order valence-electron chi connectivity index (χ2n) is 6.66. The number of aliphatic imine (C=N–C) groups is 1. The SMILES string of the molecule is CN=C(NCCC(=O)N(C)Cc1ccccc1)NCc1nc(C(C)C)cs1. The molecular formula is C20H29N5OS. The first-order chi connectivity index (χ1) is 13.0. The summed E-state index contributed by atoms with van der Waals surface area (Å²) in [6.07, 6.45) is 0.415. The Hall–Kier alpha value is -2.41. The Morgan fingerprint density at radius 2 is 2.00 bits per heavy atom. The van der Waals surface area contributed by atoms with Crippen LogP contribution in [0.2, 0.25) is 0 Å². The zero-order valence-electron chi connectivity index (χ0n) is 16.5. The number of nitrogens with zero attached hydrogens (tertiary/aromatic N) is 3. The van der Waals surface area contributed by atoms with Crippen molar-refractivity contribution in [1.82, 2.24) is 20.5 Å². The lowest BCUT2D eigenvalue weighted by atomic mass is 10.2. The van der Waals surface area contributed by atoms with Crippen molar-refractivity contribution in [2.24, 2.45) is 4.99 Å². The van der Waals surface area contributed by atoms with Crippen molar-refractivity contribution in [2.75, 3.05) is 20.6 Å². The minimum atomic E-state index is 0.100. The molecule has 0 atom stereocenters. The lowest BCUT2D eigenvalue weighted by Crippen LogP contribution is -2.39. The molecule has 146 valence electrons. The number of rotatable bonds is 8. The normalized spacial score (nSPS) is 11.5. The van der Waals surface area contributed by atoms with E-state index >= 15 is 0 Å². The molecule has 0 bridgehead atoms. The topological polar surface area (TPSA) is 69.6 Å². The number of carbonyl (C=O) groups excluding carboxylic acids is 1. The summed E-state index contributed by atoms with van der Waals surface area (Å²) in [6, 6.07) is 9.99. The number of hydrogen-bond donors (Lipinski definition) is 2. The largest absolute Gasteiger partial charge is 0.356 e. The van der Waals surface area contributed by atoms with Gasteiger partial charge in [0.15, 0.2) is 5.96 Å². The Morgan fingerprint density at radius 3 is 2.63 bits per heavy atom. The van der Waals surface area contributed by atoms with Gasteiger partial charge in [-0.1, -0.05) is 44.2 Å². The summed E-state index contributed by atoms with van der Waals surface area (Å²) in [5.41, 5.74) is 2.25. The molecule has 27 heavy (non-hydrogen) atoms. The highest BCUT2D eigenvalue weighted by Gasteiger charge is 2.10. The minimum absolute atomic E-state index is 0.100. The minimum Gasteiger partial charge on any atom is -0.356 e. The van der Waals surface area contributed by atoms with Crippen molar-refractivity contribution in [3.8, 4) is 0 Å². The van der Waals surface area contributed by atoms with E-state index in [1.54, 1.807) is 23.3 Å². The fourth-order valence-electron chi connectivity index (χ4n) is 2.48. The Balaban J connectivity index is 1.71. The second-order valence-corrected chi connectivity index (χ2v) is 7.60. The molecule has 0 saturated heterocycles. The molecule has 0 aliphatic heterocycles. The van der Waals surface area contributed by atoms with Crippen molar-refractivity contribution in [2.45, 2.75) is 39.3 Å². The molecule has 1 amide bonds. The van der Waals surface area contributed by atoms with Crippen LogP contribution in [-0.2, 0) is 17.9 Å². The molecular weight excluding hydrogens is 358 g/mol. The van der Waals surface area contributed by atoms with Gasteiger partial charge < -0.3 is 15.5 Å². The van der Waals surface area contributed by atoms with E-state index in [-0.39, 0.29) is 5.91 Å². The van der Waals surface area contributed by atoms with Gasteiger partial charge in [0, 0.05) is 39.0 Å². The van der Waals surface area contributed by atoms with Gasteiger partial charge in [-0.2, -0.15) is 0 Å². The molecule has 1 aromatic carbocycles. The van der Waals surface area contributed by atoms with Gasteiger partial charge in [-0.25, -0.2) is 4.98 Å². The smallest absolute Gasteiger partial charge is 0.224 e. The van der Waals surface area contributed by atoms with Gasteiger partial charge in [0.05, 0.1) is 12.2 Å². The molecule has 0 spiro atoms. The first-order valence-corrected chi connectivity index (χ1v) is 10.0. The number of guanidine groups is 1. The van der Waals surface area contributed by atoms with Crippen LogP contribution in [0.25, 0.3) is 0 Å². The summed E-state index contributed by atoms with van der Waals surface area (Å²) < 4.78 is 0. The molecule has 2 N–H and O–H groups in total. The van der Waals surface area contributed by atoms with Crippen LogP contribution in [-0.4, -0.2) is 42.4 Å². The van der Waals surface area contributed by atoms with Crippen molar-refractivity contribution >= 4 is 23.2 Å². The zero-order valence-corrected chi connectivity index (χ0v) is 17.3. The van der Waals surface area contributed by atoms with Crippen LogP contribution in [0.4, 0.5) is 0 Å². The average molecular weight is 388 g/mol. The van der Waals surface area contributed by atoms with E-state index in [9.17, 15) is 4.79 Å². The maximum Gasteiger partial charge on any atom is 0.224 e. The molecule has 7 heteroatoms. The first kappa shape index (κ1) is 20.9. The summed E-state index contributed by atoms with van der Waals surface area (Å²) in [5.74, 6) is 1.21. The molecule has 0 aliphatic carbocycles. The monoisotopic (exact) mass is 387 g/mol. The van der Waals surface area contributed by atoms with Crippen LogP contribution >= 0.6 is 11.3 Å². The first-order valence-electron chi connectivity index (χ1n) is 9.16. The van der Waals surface area contributed by atoms with Crippen molar-refractivity contribution in [3.05, 3.63) is 52.0 Å². The quantitative estimate of drug-likeness (QED) is 0.540. The number of hydrogen-bond acceptors (Lipinski definition) is 4. The lowest BCUT2D eigenvalue weighted by Gasteiger charge is -2.18. The summed E-state index contributed by atoms with van der Waals surface area (Å²) in [4.78, 5) is 22.8. The van der Waals surface area contributed by atoms with Crippen LogP contribution in [0.3, 0.4) is 0 Å². The molecule has 1 aromatic heterocycles. The lowest BCUT2D eigenvalue weighted by molar-refractivity contribution is -0.130. The molecule has 0 fully saturated rings. The fourth-order valence-corrected chi connectivity index (χ4v) is 3.37. The van der Waals surface area contributed by atoms with Gasteiger partial charge in [0.25, 0.3) is 0 Å². The highest BCUT2D eigenvalue weighted by molar-refractivity contribution is 7.09. The van der Waals surface area contributed by atoms with E-state index < -0.39 is 0 Å². The molecule has 6 nitrogen and oxygen atoms in total. The standard InChI is InChI=1S/C20H29N5OS/c1-15(2)17-14-27-18(24-17)12-23-20(21-3)22-11-10-19(26)25(4)13-16-8-6-5-7-9-16/h5-9,14-15H,10-13H2,1-4H3,(H2,21,22,23). The number of amides is 1. The van der Waals surface area contributed by atoms with Gasteiger partial charge >= 0.3 is 0 Å². The Labute approximate surface area is 165 Å². The number of thiazole rings is 1. The molecule has 0 aliphatic rings.